The van der Waals surface area contributed by atoms with Gasteiger partial charge in [0.1, 0.15) is 0 Å². The molecule has 0 spiro atoms. The zero-order chi connectivity index (χ0) is 7.56. The Morgan fingerprint density at radius 3 is 2.70 bits per heavy atom. The van der Waals surface area contributed by atoms with E-state index in [-0.39, 0.29) is 11.9 Å². The molecule has 0 radical (unpaired) electrons. The summed E-state index contributed by atoms with van der Waals surface area (Å²) in [6.07, 6.45) is 0. The van der Waals surface area contributed by atoms with Crippen molar-refractivity contribution in [1.29, 1.82) is 0 Å². The normalized spacial score (nSPS) is 21.4. The fraction of sp³-hybridized carbons (Fsp3) is 0.833. The second-order valence-corrected chi connectivity index (χ2v) is 2.65. The Kier molecular flexibility index (Phi) is 2.24. The van der Waals surface area contributed by atoms with Crippen molar-refractivity contribution < 1.29 is 4.79 Å². The summed E-state index contributed by atoms with van der Waals surface area (Å²) >= 11 is 0. The molecule has 0 bridgehead atoms. The van der Waals surface area contributed by atoms with Gasteiger partial charge in [-0.1, -0.05) is 0 Å². The largest absolute Gasteiger partial charge is 0.349 e. The summed E-state index contributed by atoms with van der Waals surface area (Å²) in [4.78, 5) is 10.9. The van der Waals surface area contributed by atoms with Crippen LogP contribution in [0.2, 0.25) is 0 Å². The van der Waals surface area contributed by atoms with E-state index >= 15 is 0 Å². The molecule has 0 aromatic heterocycles. The zero-order valence-electron chi connectivity index (χ0n) is 6.05. The molecule has 1 saturated heterocycles. The minimum absolute atomic E-state index is 0.0634. The smallest absolute Gasteiger partial charge is 0.236 e. The van der Waals surface area contributed by atoms with Crippen LogP contribution in [0.5, 0.6) is 0 Å². The lowest BCUT2D eigenvalue weighted by Gasteiger charge is -2.28. The fourth-order valence-corrected chi connectivity index (χ4v) is 0.723. The van der Waals surface area contributed by atoms with Crippen LogP contribution in [0, 0.1) is 0 Å². The van der Waals surface area contributed by atoms with Gasteiger partial charge in [-0.05, 0) is 6.92 Å². The SMILES string of the molecule is C[C@H](N)C(=O)NC1CNC1. The number of carbonyl (C=O) groups is 1. The highest BCUT2D eigenvalue weighted by Crippen LogP contribution is 1.90. The van der Waals surface area contributed by atoms with Gasteiger partial charge in [-0.25, -0.2) is 0 Å². The molecule has 4 nitrogen and oxygen atoms in total. The van der Waals surface area contributed by atoms with Crippen molar-refractivity contribution in [1.82, 2.24) is 10.6 Å². The van der Waals surface area contributed by atoms with Crippen molar-refractivity contribution in [3.05, 3.63) is 0 Å². The predicted octanol–water partition coefficient (Wildman–Crippen LogP) is -1.58. The quantitative estimate of drug-likeness (QED) is 0.437. The van der Waals surface area contributed by atoms with E-state index in [0.717, 1.165) is 13.1 Å². The predicted molar refractivity (Wildman–Crippen MR) is 38.4 cm³/mol. The molecule has 1 aliphatic rings. The number of carbonyl (C=O) groups excluding carboxylic acids is 1. The Morgan fingerprint density at radius 2 is 2.40 bits per heavy atom. The van der Waals surface area contributed by atoms with E-state index in [2.05, 4.69) is 10.6 Å². The highest BCUT2D eigenvalue weighted by atomic mass is 16.2. The molecule has 1 fully saturated rings. The summed E-state index contributed by atoms with van der Waals surface area (Å²) in [7, 11) is 0. The zero-order valence-corrected chi connectivity index (χ0v) is 6.05. The summed E-state index contributed by atoms with van der Waals surface area (Å²) in [5, 5.41) is 5.84. The van der Waals surface area contributed by atoms with E-state index in [1.54, 1.807) is 6.92 Å². The second-order valence-electron chi connectivity index (χ2n) is 2.65. The number of rotatable bonds is 2. The minimum atomic E-state index is -0.388. The molecule has 1 amide bonds. The van der Waals surface area contributed by atoms with Crippen molar-refractivity contribution in [2.45, 2.75) is 19.0 Å². The van der Waals surface area contributed by atoms with Gasteiger partial charge in [-0.2, -0.15) is 0 Å². The van der Waals surface area contributed by atoms with Crippen LogP contribution in [0.3, 0.4) is 0 Å². The molecule has 10 heavy (non-hydrogen) atoms. The molecule has 0 saturated carbocycles. The monoisotopic (exact) mass is 143 g/mol. The van der Waals surface area contributed by atoms with E-state index in [1.807, 2.05) is 0 Å². The maximum absolute atomic E-state index is 10.9. The highest BCUT2D eigenvalue weighted by molar-refractivity contribution is 5.81. The minimum Gasteiger partial charge on any atom is -0.349 e. The molecule has 0 aromatic rings. The first-order valence-electron chi connectivity index (χ1n) is 3.47. The lowest BCUT2D eigenvalue weighted by atomic mass is 10.1. The average molecular weight is 143 g/mol. The van der Waals surface area contributed by atoms with Crippen LogP contribution in [-0.4, -0.2) is 31.1 Å². The first-order valence-corrected chi connectivity index (χ1v) is 3.47. The molecular formula is C6H13N3O. The topological polar surface area (TPSA) is 67.2 Å². The molecular weight excluding hydrogens is 130 g/mol. The van der Waals surface area contributed by atoms with E-state index in [4.69, 9.17) is 5.73 Å². The van der Waals surface area contributed by atoms with Crippen LogP contribution >= 0.6 is 0 Å². The van der Waals surface area contributed by atoms with Crippen LogP contribution in [0.15, 0.2) is 0 Å². The molecule has 1 rings (SSSR count). The summed E-state index contributed by atoms with van der Waals surface area (Å²) < 4.78 is 0. The lowest BCUT2D eigenvalue weighted by molar-refractivity contribution is -0.123. The van der Waals surface area contributed by atoms with Gasteiger partial charge < -0.3 is 16.4 Å². The molecule has 1 heterocycles. The van der Waals surface area contributed by atoms with Crippen LogP contribution < -0.4 is 16.4 Å². The first-order chi connectivity index (χ1) is 4.70. The molecule has 0 aromatic carbocycles. The third-order valence-corrected chi connectivity index (χ3v) is 1.54. The highest BCUT2D eigenvalue weighted by Gasteiger charge is 2.19. The van der Waals surface area contributed by atoms with Crippen molar-refractivity contribution >= 4 is 5.91 Å². The summed E-state index contributed by atoms with van der Waals surface area (Å²) in [6, 6.07) is -0.0842. The van der Waals surface area contributed by atoms with Gasteiger partial charge in [0.05, 0.1) is 12.1 Å². The third-order valence-electron chi connectivity index (χ3n) is 1.54. The van der Waals surface area contributed by atoms with Crippen molar-refractivity contribution in [3.63, 3.8) is 0 Å². The Hall–Kier alpha value is -0.610. The first kappa shape index (κ1) is 7.50. The van der Waals surface area contributed by atoms with E-state index in [9.17, 15) is 4.79 Å². The van der Waals surface area contributed by atoms with Gasteiger partial charge in [0.15, 0.2) is 0 Å². The van der Waals surface area contributed by atoms with E-state index < -0.39 is 0 Å². The standard InChI is InChI=1S/C6H13N3O/c1-4(7)6(10)9-5-2-8-3-5/h4-5,8H,2-3,7H2,1H3,(H,9,10)/t4-/m0/s1. The number of hydrogen-bond donors (Lipinski definition) is 3. The molecule has 4 heteroatoms. The van der Waals surface area contributed by atoms with Crippen molar-refractivity contribution in [3.8, 4) is 0 Å². The van der Waals surface area contributed by atoms with Crippen LogP contribution in [0.25, 0.3) is 0 Å². The maximum atomic E-state index is 10.9. The Bertz CT molecular complexity index is 131. The summed E-state index contributed by atoms with van der Waals surface area (Å²) in [5.74, 6) is -0.0634. The van der Waals surface area contributed by atoms with Crippen LogP contribution in [0.4, 0.5) is 0 Å². The fourth-order valence-electron chi connectivity index (χ4n) is 0.723. The Balaban J connectivity index is 2.17. The van der Waals surface area contributed by atoms with Gasteiger partial charge >= 0.3 is 0 Å². The van der Waals surface area contributed by atoms with E-state index in [0.29, 0.717) is 6.04 Å². The van der Waals surface area contributed by atoms with Crippen LogP contribution in [-0.2, 0) is 4.79 Å². The summed E-state index contributed by atoms with van der Waals surface area (Å²) in [5.41, 5.74) is 5.33. The van der Waals surface area contributed by atoms with Gasteiger partial charge in [0.2, 0.25) is 5.91 Å². The lowest BCUT2D eigenvalue weighted by Crippen LogP contribution is -2.59. The Morgan fingerprint density at radius 1 is 1.80 bits per heavy atom. The molecule has 0 unspecified atom stereocenters. The van der Waals surface area contributed by atoms with Gasteiger partial charge in [-0.3, -0.25) is 4.79 Å². The average Bonchev–Trinajstić information content (AvgIpc) is 1.77. The molecule has 1 aliphatic heterocycles. The maximum Gasteiger partial charge on any atom is 0.236 e. The van der Waals surface area contributed by atoms with Gasteiger partial charge in [0.25, 0.3) is 0 Å². The van der Waals surface area contributed by atoms with Crippen molar-refractivity contribution in [2.24, 2.45) is 5.73 Å². The molecule has 4 N–H and O–H groups in total. The molecule has 0 aliphatic carbocycles. The summed E-state index contributed by atoms with van der Waals surface area (Å²) in [6.45, 7) is 3.43. The molecule has 58 valence electrons. The number of nitrogens with one attached hydrogen (secondary N) is 2. The number of hydrogen-bond acceptors (Lipinski definition) is 3. The number of nitrogens with two attached hydrogens (primary N) is 1. The Labute approximate surface area is 60.2 Å². The third kappa shape index (κ3) is 1.68. The molecule has 1 atom stereocenters. The van der Waals surface area contributed by atoms with Gasteiger partial charge in [-0.15, -0.1) is 0 Å². The van der Waals surface area contributed by atoms with Crippen molar-refractivity contribution in [2.75, 3.05) is 13.1 Å². The number of amides is 1. The van der Waals surface area contributed by atoms with Crippen LogP contribution in [0.1, 0.15) is 6.92 Å². The van der Waals surface area contributed by atoms with Gasteiger partial charge in [0, 0.05) is 13.1 Å². The van der Waals surface area contributed by atoms with E-state index in [1.165, 1.54) is 0 Å². The second kappa shape index (κ2) is 2.98.